The SMILES string of the molecule is CCOC1(c2noc(CC(C)(C)N)n2)CCCCCC1. The van der Waals surface area contributed by atoms with E-state index in [-0.39, 0.29) is 11.1 Å². The second-order valence-corrected chi connectivity index (χ2v) is 6.52. The molecule has 0 aromatic carbocycles. The first-order valence-corrected chi connectivity index (χ1v) is 7.71. The molecule has 1 saturated carbocycles. The Morgan fingerprint density at radius 2 is 1.90 bits per heavy atom. The van der Waals surface area contributed by atoms with Crippen LogP contribution in [0, 0.1) is 0 Å². The fraction of sp³-hybridized carbons (Fsp3) is 0.867. The van der Waals surface area contributed by atoms with Crippen LogP contribution in [-0.4, -0.2) is 22.3 Å². The molecule has 0 radical (unpaired) electrons. The van der Waals surface area contributed by atoms with Crippen LogP contribution in [0.25, 0.3) is 0 Å². The second kappa shape index (κ2) is 6.22. The highest BCUT2D eigenvalue weighted by Gasteiger charge is 2.38. The summed E-state index contributed by atoms with van der Waals surface area (Å²) in [4.78, 5) is 4.57. The Balaban J connectivity index is 2.20. The molecule has 1 aromatic rings. The van der Waals surface area contributed by atoms with Gasteiger partial charge in [0.25, 0.3) is 0 Å². The van der Waals surface area contributed by atoms with E-state index in [9.17, 15) is 0 Å². The summed E-state index contributed by atoms with van der Waals surface area (Å²) in [7, 11) is 0. The van der Waals surface area contributed by atoms with Crippen molar-refractivity contribution in [1.82, 2.24) is 10.1 Å². The van der Waals surface area contributed by atoms with Gasteiger partial charge in [-0.05, 0) is 33.6 Å². The molecule has 1 fully saturated rings. The largest absolute Gasteiger partial charge is 0.367 e. The summed E-state index contributed by atoms with van der Waals surface area (Å²) < 4.78 is 11.4. The lowest BCUT2D eigenvalue weighted by Gasteiger charge is -2.29. The van der Waals surface area contributed by atoms with Crippen LogP contribution >= 0.6 is 0 Å². The third-order valence-electron chi connectivity index (χ3n) is 3.81. The van der Waals surface area contributed by atoms with Gasteiger partial charge in [-0.25, -0.2) is 0 Å². The maximum Gasteiger partial charge on any atom is 0.228 e. The van der Waals surface area contributed by atoms with E-state index in [1.165, 1.54) is 12.8 Å². The van der Waals surface area contributed by atoms with Gasteiger partial charge in [-0.1, -0.05) is 30.8 Å². The van der Waals surface area contributed by atoms with Crippen molar-refractivity contribution in [1.29, 1.82) is 0 Å². The summed E-state index contributed by atoms with van der Waals surface area (Å²) in [5.41, 5.74) is 5.32. The summed E-state index contributed by atoms with van der Waals surface area (Å²) >= 11 is 0. The van der Waals surface area contributed by atoms with Crippen LogP contribution in [0.3, 0.4) is 0 Å². The predicted molar refractivity (Wildman–Crippen MR) is 77.3 cm³/mol. The Hall–Kier alpha value is -0.940. The fourth-order valence-corrected chi connectivity index (χ4v) is 2.91. The van der Waals surface area contributed by atoms with Crippen molar-refractivity contribution in [3.8, 4) is 0 Å². The molecule has 114 valence electrons. The number of ether oxygens (including phenoxy) is 1. The van der Waals surface area contributed by atoms with Gasteiger partial charge in [0, 0.05) is 18.6 Å². The molecule has 1 aliphatic rings. The van der Waals surface area contributed by atoms with Gasteiger partial charge in [0.05, 0.1) is 0 Å². The Morgan fingerprint density at radius 1 is 1.25 bits per heavy atom. The van der Waals surface area contributed by atoms with E-state index in [1.54, 1.807) is 0 Å². The Morgan fingerprint density at radius 3 is 2.45 bits per heavy atom. The van der Waals surface area contributed by atoms with E-state index in [2.05, 4.69) is 10.1 Å². The number of nitrogens with zero attached hydrogens (tertiary/aromatic N) is 2. The second-order valence-electron chi connectivity index (χ2n) is 6.52. The average molecular weight is 281 g/mol. The van der Waals surface area contributed by atoms with Crippen molar-refractivity contribution >= 4 is 0 Å². The number of aromatic nitrogens is 2. The fourth-order valence-electron chi connectivity index (χ4n) is 2.91. The van der Waals surface area contributed by atoms with Crippen molar-refractivity contribution in [2.75, 3.05) is 6.61 Å². The standard InChI is InChI=1S/C15H27N3O2/c1-4-19-15(9-7-5-6-8-10-15)13-17-12(20-18-13)11-14(2,3)16/h4-11,16H2,1-3H3. The average Bonchev–Trinajstić information content (AvgIpc) is 2.67. The zero-order chi connectivity index (χ0) is 14.6. The van der Waals surface area contributed by atoms with Crippen molar-refractivity contribution in [2.45, 2.75) is 76.9 Å². The maximum absolute atomic E-state index is 6.06. The highest BCUT2D eigenvalue weighted by atomic mass is 16.5. The van der Waals surface area contributed by atoms with Crippen LogP contribution in [0.2, 0.25) is 0 Å². The molecule has 0 atom stereocenters. The van der Waals surface area contributed by atoms with Gasteiger partial charge in [0.15, 0.2) is 0 Å². The molecule has 2 rings (SSSR count). The van der Waals surface area contributed by atoms with E-state index < -0.39 is 0 Å². The third-order valence-corrected chi connectivity index (χ3v) is 3.81. The monoisotopic (exact) mass is 281 g/mol. The summed E-state index contributed by atoms with van der Waals surface area (Å²) in [6.45, 7) is 6.62. The van der Waals surface area contributed by atoms with Crippen LogP contribution in [-0.2, 0) is 16.8 Å². The molecule has 1 aromatic heterocycles. The molecule has 20 heavy (non-hydrogen) atoms. The molecule has 0 unspecified atom stereocenters. The summed E-state index contributed by atoms with van der Waals surface area (Å²) in [5, 5.41) is 4.19. The Labute approximate surface area is 121 Å². The van der Waals surface area contributed by atoms with Gasteiger partial charge in [0.2, 0.25) is 11.7 Å². The van der Waals surface area contributed by atoms with Crippen LogP contribution < -0.4 is 5.73 Å². The van der Waals surface area contributed by atoms with Crippen LogP contribution in [0.5, 0.6) is 0 Å². The zero-order valence-corrected chi connectivity index (χ0v) is 12.9. The molecule has 2 N–H and O–H groups in total. The topological polar surface area (TPSA) is 74.2 Å². The van der Waals surface area contributed by atoms with Gasteiger partial charge >= 0.3 is 0 Å². The number of rotatable bonds is 5. The Bertz CT molecular complexity index is 415. The van der Waals surface area contributed by atoms with Crippen LogP contribution in [0.15, 0.2) is 4.52 Å². The summed E-state index contributed by atoms with van der Waals surface area (Å²) in [6.07, 6.45) is 7.38. The zero-order valence-electron chi connectivity index (χ0n) is 12.9. The molecule has 5 nitrogen and oxygen atoms in total. The van der Waals surface area contributed by atoms with Crippen molar-refractivity contribution < 1.29 is 9.26 Å². The smallest absolute Gasteiger partial charge is 0.228 e. The van der Waals surface area contributed by atoms with Crippen molar-refractivity contribution in [2.24, 2.45) is 5.73 Å². The molecule has 0 bridgehead atoms. The number of hydrogen-bond acceptors (Lipinski definition) is 5. The maximum atomic E-state index is 6.06. The summed E-state index contributed by atoms with van der Waals surface area (Å²) in [6, 6.07) is 0. The van der Waals surface area contributed by atoms with E-state index in [1.807, 2.05) is 20.8 Å². The first kappa shape index (κ1) is 15.4. The summed E-state index contributed by atoms with van der Waals surface area (Å²) in [5.74, 6) is 1.32. The highest BCUT2D eigenvalue weighted by Crippen LogP contribution is 2.38. The lowest BCUT2D eigenvalue weighted by molar-refractivity contribution is -0.0636. The van der Waals surface area contributed by atoms with Gasteiger partial charge in [-0.15, -0.1) is 0 Å². The van der Waals surface area contributed by atoms with Gasteiger partial charge in [0.1, 0.15) is 5.60 Å². The molecule has 0 aliphatic heterocycles. The molecule has 0 spiro atoms. The van der Waals surface area contributed by atoms with E-state index in [0.29, 0.717) is 24.7 Å². The molecular formula is C15H27N3O2. The lowest BCUT2D eigenvalue weighted by Crippen LogP contribution is -2.35. The third kappa shape index (κ3) is 3.79. The number of hydrogen-bond donors (Lipinski definition) is 1. The van der Waals surface area contributed by atoms with Gasteiger partial charge in [-0.3, -0.25) is 0 Å². The first-order valence-electron chi connectivity index (χ1n) is 7.71. The highest BCUT2D eigenvalue weighted by molar-refractivity contribution is 5.04. The van der Waals surface area contributed by atoms with E-state index >= 15 is 0 Å². The Kier molecular flexibility index (Phi) is 4.81. The van der Waals surface area contributed by atoms with E-state index in [4.69, 9.17) is 15.0 Å². The van der Waals surface area contributed by atoms with Gasteiger partial charge in [-0.2, -0.15) is 4.98 Å². The molecule has 5 heteroatoms. The molecule has 1 heterocycles. The van der Waals surface area contributed by atoms with Gasteiger partial charge < -0.3 is 15.0 Å². The normalized spacial score (nSPS) is 19.8. The molecule has 0 saturated heterocycles. The minimum Gasteiger partial charge on any atom is -0.367 e. The minimum atomic E-state index is -0.355. The van der Waals surface area contributed by atoms with E-state index in [0.717, 1.165) is 25.7 Å². The first-order chi connectivity index (χ1) is 9.45. The molecule has 0 amide bonds. The van der Waals surface area contributed by atoms with Crippen molar-refractivity contribution in [3.05, 3.63) is 11.7 Å². The lowest BCUT2D eigenvalue weighted by atomic mass is 9.93. The minimum absolute atomic E-state index is 0.341. The van der Waals surface area contributed by atoms with Crippen molar-refractivity contribution in [3.63, 3.8) is 0 Å². The molecular weight excluding hydrogens is 254 g/mol. The molecule has 1 aliphatic carbocycles. The van der Waals surface area contributed by atoms with Crippen LogP contribution in [0.1, 0.15) is 71.0 Å². The number of nitrogens with two attached hydrogens (primary N) is 1. The van der Waals surface area contributed by atoms with Crippen LogP contribution in [0.4, 0.5) is 0 Å². The quantitative estimate of drug-likeness (QED) is 0.840. The predicted octanol–water partition coefficient (Wildman–Crippen LogP) is 2.94.